The Hall–Kier alpha value is -3.47. The lowest BCUT2D eigenvalue weighted by molar-refractivity contribution is 0.101. The zero-order valence-electron chi connectivity index (χ0n) is 17.3. The number of hydrogen-bond acceptors (Lipinski definition) is 6. The molecule has 0 atom stereocenters. The SMILES string of the molecule is CC(=O)c1ccc(S(=O)(=O)NCc2ccc(C(=O)Nc3nc4ccc(F)cc4s3)cc2)cc1. The largest absolute Gasteiger partial charge is 0.298 e. The predicted molar refractivity (Wildman–Crippen MR) is 124 cm³/mol. The first kappa shape index (κ1) is 22.7. The van der Waals surface area contributed by atoms with Gasteiger partial charge in [-0.1, -0.05) is 35.6 Å². The number of rotatable bonds is 7. The average Bonchev–Trinajstić information content (AvgIpc) is 3.19. The Morgan fingerprint density at radius 1 is 0.970 bits per heavy atom. The quantitative estimate of drug-likeness (QED) is 0.380. The van der Waals surface area contributed by atoms with E-state index in [2.05, 4.69) is 15.0 Å². The monoisotopic (exact) mass is 483 g/mol. The molecule has 1 amide bonds. The molecule has 0 aliphatic heterocycles. The molecule has 0 fully saturated rings. The first-order valence-corrected chi connectivity index (χ1v) is 12.1. The number of nitrogens with one attached hydrogen (secondary N) is 2. The molecule has 33 heavy (non-hydrogen) atoms. The van der Waals surface area contributed by atoms with Gasteiger partial charge in [0.15, 0.2) is 10.9 Å². The third-order valence-electron chi connectivity index (χ3n) is 4.82. The summed E-state index contributed by atoms with van der Waals surface area (Å²) < 4.78 is 41.4. The molecule has 0 spiro atoms. The zero-order valence-corrected chi connectivity index (χ0v) is 19.0. The van der Waals surface area contributed by atoms with E-state index >= 15 is 0 Å². The Labute approximate surface area is 193 Å². The van der Waals surface area contributed by atoms with Crippen LogP contribution >= 0.6 is 11.3 Å². The van der Waals surface area contributed by atoms with Crippen molar-refractivity contribution in [2.75, 3.05) is 5.32 Å². The molecule has 0 unspecified atom stereocenters. The van der Waals surface area contributed by atoms with Gasteiger partial charge in [0.2, 0.25) is 10.0 Å². The Morgan fingerprint density at radius 2 is 1.64 bits per heavy atom. The standard InChI is InChI=1S/C23H18FN3O4S2/c1-14(28)16-6-9-19(10-7-16)33(30,31)25-13-15-2-4-17(5-3-15)22(29)27-23-26-20-11-8-18(24)12-21(20)32-23/h2-12,25H,13H2,1H3,(H,26,27,29). The highest BCUT2D eigenvalue weighted by molar-refractivity contribution is 7.89. The lowest BCUT2D eigenvalue weighted by Crippen LogP contribution is -2.23. The number of nitrogens with zero attached hydrogens (tertiary/aromatic N) is 1. The van der Waals surface area contributed by atoms with Gasteiger partial charge in [-0.25, -0.2) is 22.5 Å². The molecule has 1 heterocycles. The van der Waals surface area contributed by atoms with Crippen LogP contribution in [0.25, 0.3) is 10.2 Å². The molecule has 168 valence electrons. The normalized spacial score (nSPS) is 11.5. The second kappa shape index (κ2) is 9.18. The van der Waals surface area contributed by atoms with E-state index in [1.807, 2.05) is 0 Å². The maximum atomic E-state index is 13.3. The van der Waals surface area contributed by atoms with Gasteiger partial charge in [0, 0.05) is 17.7 Å². The van der Waals surface area contributed by atoms with E-state index in [1.165, 1.54) is 54.7 Å². The topological polar surface area (TPSA) is 105 Å². The summed E-state index contributed by atoms with van der Waals surface area (Å²) >= 11 is 1.17. The van der Waals surface area contributed by atoms with Gasteiger partial charge < -0.3 is 0 Å². The Morgan fingerprint density at radius 3 is 2.30 bits per heavy atom. The molecule has 7 nitrogen and oxygen atoms in total. The van der Waals surface area contributed by atoms with Gasteiger partial charge in [0.25, 0.3) is 5.91 Å². The number of Topliss-reactive ketones (excluding diaryl/α,β-unsaturated/α-hetero) is 1. The van der Waals surface area contributed by atoms with Gasteiger partial charge >= 0.3 is 0 Å². The molecule has 0 saturated heterocycles. The molecular weight excluding hydrogens is 465 g/mol. The smallest absolute Gasteiger partial charge is 0.257 e. The van der Waals surface area contributed by atoms with Crippen molar-refractivity contribution in [3.63, 3.8) is 0 Å². The molecule has 0 bridgehead atoms. The number of halogens is 1. The molecule has 2 N–H and O–H groups in total. The molecule has 0 saturated carbocycles. The number of benzene rings is 3. The van der Waals surface area contributed by atoms with Gasteiger partial charge in [-0.05, 0) is 55.0 Å². The molecule has 3 aromatic carbocycles. The van der Waals surface area contributed by atoms with E-state index in [1.54, 1.807) is 30.3 Å². The van der Waals surface area contributed by atoms with Crippen LogP contribution < -0.4 is 10.0 Å². The summed E-state index contributed by atoms with van der Waals surface area (Å²) in [7, 11) is -3.76. The molecule has 4 rings (SSSR count). The summed E-state index contributed by atoms with van der Waals surface area (Å²) in [4.78, 5) is 28.1. The van der Waals surface area contributed by atoms with E-state index in [4.69, 9.17) is 0 Å². The Kier molecular flexibility index (Phi) is 6.32. The first-order chi connectivity index (χ1) is 15.7. The summed E-state index contributed by atoms with van der Waals surface area (Å²) in [5, 5.41) is 3.04. The maximum Gasteiger partial charge on any atom is 0.257 e. The summed E-state index contributed by atoms with van der Waals surface area (Å²) in [5.74, 6) is -0.899. The Bertz CT molecular complexity index is 1450. The van der Waals surface area contributed by atoms with Crippen molar-refractivity contribution in [3.8, 4) is 0 Å². The minimum Gasteiger partial charge on any atom is -0.298 e. The second-order valence-electron chi connectivity index (χ2n) is 7.19. The maximum absolute atomic E-state index is 13.3. The zero-order chi connectivity index (χ0) is 23.6. The van der Waals surface area contributed by atoms with Crippen LogP contribution in [0.15, 0.2) is 71.6 Å². The molecule has 0 aliphatic rings. The van der Waals surface area contributed by atoms with Crippen molar-refractivity contribution in [1.82, 2.24) is 9.71 Å². The molecule has 4 aromatic rings. The minimum atomic E-state index is -3.76. The van der Waals surface area contributed by atoms with Gasteiger partial charge in [-0.3, -0.25) is 14.9 Å². The number of anilines is 1. The lowest BCUT2D eigenvalue weighted by Gasteiger charge is -2.08. The van der Waals surface area contributed by atoms with E-state index in [0.717, 1.165) is 0 Å². The van der Waals surface area contributed by atoms with Crippen molar-refractivity contribution in [2.45, 2.75) is 18.4 Å². The highest BCUT2D eigenvalue weighted by Gasteiger charge is 2.15. The van der Waals surface area contributed by atoms with Gasteiger partial charge in [-0.15, -0.1) is 0 Å². The van der Waals surface area contributed by atoms with Crippen LogP contribution in [0.2, 0.25) is 0 Å². The molecule has 10 heteroatoms. The number of ketones is 1. The van der Waals surface area contributed by atoms with Crippen LogP contribution in [0.1, 0.15) is 33.2 Å². The molecule has 0 radical (unpaired) electrons. The Balaban J connectivity index is 1.39. The van der Waals surface area contributed by atoms with Crippen molar-refractivity contribution in [1.29, 1.82) is 0 Å². The highest BCUT2D eigenvalue weighted by atomic mass is 32.2. The lowest BCUT2D eigenvalue weighted by atomic mass is 10.1. The first-order valence-electron chi connectivity index (χ1n) is 9.78. The number of sulfonamides is 1. The molecular formula is C23H18FN3O4S2. The van der Waals surface area contributed by atoms with E-state index < -0.39 is 10.0 Å². The van der Waals surface area contributed by atoms with Gasteiger partial charge in [0.1, 0.15) is 5.82 Å². The summed E-state index contributed by atoms with van der Waals surface area (Å²) in [5.41, 5.74) is 2.05. The summed E-state index contributed by atoms with van der Waals surface area (Å²) in [6.45, 7) is 1.44. The van der Waals surface area contributed by atoms with Crippen molar-refractivity contribution >= 4 is 48.4 Å². The van der Waals surface area contributed by atoms with E-state index in [9.17, 15) is 22.4 Å². The minimum absolute atomic E-state index is 0.0299. The van der Waals surface area contributed by atoms with Crippen molar-refractivity contribution < 1.29 is 22.4 Å². The number of carbonyl (C=O) groups is 2. The number of thiazole rings is 1. The van der Waals surface area contributed by atoms with Crippen LogP contribution in [0, 0.1) is 5.82 Å². The fourth-order valence-electron chi connectivity index (χ4n) is 3.03. The van der Waals surface area contributed by atoms with Gasteiger partial charge in [0.05, 0.1) is 15.1 Å². The molecule has 1 aromatic heterocycles. The van der Waals surface area contributed by atoms with Gasteiger partial charge in [-0.2, -0.15) is 0 Å². The second-order valence-corrected chi connectivity index (χ2v) is 9.98. The third-order valence-corrected chi connectivity index (χ3v) is 7.18. The van der Waals surface area contributed by atoms with Crippen LogP contribution in [-0.4, -0.2) is 25.1 Å². The van der Waals surface area contributed by atoms with E-state index in [0.29, 0.717) is 32.0 Å². The van der Waals surface area contributed by atoms with Crippen LogP contribution in [0.4, 0.5) is 9.52 Å². The fraction of sp³-hybridized carbons (Fsp3) is 0.0870. The van der Waals surface area contributed by atoms with Crippen molar-refractivity contribution in [3.05, 3.63) is 89.2 Å². The number of aromatic nitrogens is 1. The predicted octanol–water partition coefficient (Wildman–Crippen LogP) is 4.37. The number of hydrogen-bond donors (Lipinski definition) is 2. The van der Waals surface area contributed by atoms with Crippen LogP contribution in [0.5, 0.6) is 0 Å². The fourth-order valence-corrected chi connectivity index (χ4v) is 4.93. The van der Waals surface area contributed by atoms with Crippen LogP contribution in [0.3, 0.4) is 0 Å². The third kappa shape index (κ3) is 5.30. The highest BCUT2D eigenvalue weighted by Crippen LogP contribution is 2.26. The van der Waals surface area contributed by atoms with Crippen LogP contribution in [-0.2, 0) is 16.6 Å². The number of fused-ring (bicyclic) bond motifs is 1. The molecule has 0 aliphatic carbocycles. The average molecular weight is 484 g/mol. The number of amides is 1. The number of carbonyl (C=O) groups excluding carboxylic acids is 2. The van der Waals surface area contributed by atoms with E-state index in [-0.39, 0.29) is 28.9 Å². The summed E-state index contributed by atoms with van der Waals surface area (Å²) in [6.07, 6.45) is 0. The van der Waals surface area contributed by atoms with Crippen molar-refractivity contribution in [2.24, 2.45) is 0 Å². The summed E-state index contributed by atoms with van der Waals surface area (Å²) in [6, 6.07) is 16.3.